The van der Waals surface area contributed by atoms with Gasteiger partial charge in [-0.2, -0.15) is 0 Å². The number of quaternary nitrogens is 1. The Morgan fingerprint density at radius 3 is 2.62 bits per heavy atom. The second-order valence-electron chi connectivity index (χ2n) is 5.66. The molecule has 2 aromatic carbocycles. The Labute approximate surface area is 132 Å². The zero-order chi connectivity index (χ0) is 13.9. The lowest BCUT2D eigenvalue weighted by Gasteiger charge is -2.29. The number of methoxy groups -OCH3 is 1. The summed E-state index contributed by atoms with van der Waals surface area (Å²) in [5.74, 6) is 1.48. The van der Waals surface area contributed by atoms with E-state index in [0.717, 1.165) is 25.0 Å². The van der Waals surface area contributed by atoms with Gasteiger partial charge in [0.15, 0.2) is 0 Å². The molecule has 0 saturated carbocycles. The van der Waals surface area contributed by atoms with Crippen molar-refractivity contribution in [3.05, 3.63) is 65.2 Å². The number of aryl methyl sites for hydroxylation is 1. The van der Waals surface area contributed by atoms with Gasteiger partial charge in [0.1, 0.15) is 5.75 Å². The maximum atomic E-state index is 5.35. The Kier molecular flexibility index (Phi) is 5.27. The van der Waals surface area contributed by atoms with E-state index in [0.29, 0.717) is 12.0 Å². The molecule has 0 radical (unpaired) electrons. The molecule has 3 N–H and O–H groups in total. The number of rotatable bonds is 3. The third-order valence-corrected chi connectivity index (χ3v) is 4.40. The minimum Gasteiger partial charge on any atom is -1.00 e. The summed E-state index contributed by atoms with van der Waals surface area (Å²) in [4.78, 5) is 0. The molecular formula is C18H22ClNO. The third kappa shape index (κ3) is 3.39. The quantitative estimate of drug-likeness (QED) is 0.822. The molecule has 3 rings (SSSR count). The Bertz CT molecular complexity index is 585. The molecule has 2 nitrogen and oxygen atoms in total. The lowest BCUT2D eigenvalue weighted by Crippen LogP contribution is -3.00. The minimum absolute atomic E-state index is 0. The first kappa shape index (κ1) is 15.9. The molecule has 0 unspecified atom stereocenters. The van der Waals surface area contributed by atoms with E-state index in [2.05, 4.69) is 54.3 Å². The average Bonchev–Trinajstić information content (AvgIpc) is 2.50. The summed E-state index contributed by atoms with van der Waals surface area (Å²) in [6.45, 7) is 0. The maximum Gasteiger partial charge on any atom is 0.119 e. The summed E-state index contributed by atoms with van der Waals surface area (Å²) in [7, 11) is 1.73. The summed E-state index contributed by atoms with van der Waals surface area (Å²) in [5.41, 5.74) is 8.68. The number of benzene rings is 2. The van der Waals surface area contributed by atoms with E-state index in [9.17, 15) is 0 Å². The molecule has 3 heteroatoms. The Balaban J connectivity index is 0.00000161. The number of ether oxygens (including phenoxy) is 1. The van der Waals surface area contributed by atoms with Crippen LogP contribution in [0.25, 0.3) is 0 Å². The van der Waals surface area contributed by atoms with E-state index in [4.69, 9.17) is 4.74 Å². The lowest BCUT2D eigenvalue weighted by atomic mass is 9.76. The van der Waals surface area contributed by atoms with Crippen LogP contribution in [0.4, 0.5) is 0 Å². The van der Waals surface area contributed by atoms with Gasteiger partial charge >= 0.3 is 0 Å². The molecule has 2 aromatic rings. The van der Waals surface area contributed by atoms with Crippen LogP contribution < -0.4 is 22.9 Å². The first-order valence-corrected chi connectivity index (χ1v) is 7.31. The predicted molar refractivity (Wildman–Crippen MR) is 80.9 cm³/mol. The summed E-state index contributed by atoms with van der Waals surface area (Å²) in [6.07, 6.45) is 3.36. The standard InChI is InChI=1S/C18H21NO.ClH/c1-20-15-8-9-16-14(12-15)7-10-18(19)17(16)11-13-5-3-2-4-6-13;/h2-6,8-9,12,17-18H,7,10-11,19H2,1H3;1H/t17-,18+;/m0./s1. The molecule has 0 spiro atoms. The average molecular weight is 304 g/mol. The van der Waals surface area contributed by atoms with Crippen molar-refractivity contribution >= 4 is 0 Å². The molecule has 112 valence electrons. The van der Waals surface area contributed by atoms with Crippen molar-refractivity contribution in [2.45, 2.75) is 31.2 Å². The second kappa shape index (κ2) is 6.97. The monoisotopic (exact) mass is 303 g/mol. The summed E-state index contributed by atoms with van der Waals surface area (Å²) in [5, 5.41) is 0. The molecule has 0 bridgehead atoms. The lowest BCUT2D eigenvalue weighted by molar-refractivity contribution is -0.428. The smallest absolute Gasteiger partial charge is 0.119 e. The van der Waals surface area contributed by atoms with Gasteiger partial charge in [0.2, 0.25) is 0 Å². The van der Waals surface area contributed by atoms with Crippen LogP contribution in [0, 0.1) is 0 Å². The zero-order valence-corrected chi connectivity index (χ0v) is 13.1. The number of hydrogen-bond donors (Lipinski definition) is 1. The van der Waals surface area contributed by atoms with Crippen LogP contribution in [0.1, 0.15) is 29.0 Å². The SMILES string of the molecule is COc1ccc2c(c1)CC[C@@H]([NH3+])[C@H]2Cc1ccccc1.[Cl-]. The summed E-state index contributed by atoms with van der Waals surface area (Å²) >= 11 is 0. The highest BCUT2D eigenvalue weighted by Gasteiger charge is 2.29. The van der Waals surface area contributed by atoms with Gasteiger partial charge in [0.05, 0.1) is 13.2 Å². The molecule has 1 aliphatic rings. The van der Waals surface area contributed by atoms with Crippen LogP contribution in [0.3, 0.4) is 0 Å². The highest BCUT2D eigenvalue weighted by molar-refractivity contribution is 5.41. The van der Waals surface area contributed by atoms with E-state index in [1.807, 2.05) is 0 Å². The van der Waals surface area contributed by atoms with Crippen LogP contribution in [-0.2, 0) is 12.8 Å². The highest BCUT2D eigenvalue weighted by atomic mass is 35.5. The van der Waals surface area contributed by atoms with E-state index >= 15 is 0 Å². The van der Waals surface area contributed by atoms with Crippen LogP contribution in [0.15, 0.2) is 48.5 Å². The van der Waals surface area contributed by atoms with E-state index in [-0.39, 0.29) is 12.4 Å². The fourth-order valence-electron chi connectivity index (χ4n) is 3.23. The van der Waals surface area contributed by atoms with Crippen molar-refractivity contribution in [2.75, 3.05) is 7.11 Å². The van der Waals surface area contributed by atoms with Gasteiger partial charge in [-0.1, -0.05) is 36.4 Å². The van der Waals surface area contributed by atoms with Gasteiger partial charge in [0.25, 0.3) is 0 Å². The van der Waals surface area contributed by atoms with Gasteiger partial charge in [0, 0.05) is 12.3 Å². The first-order valence-electron chi connectivity index (χ1n) is 7.31. The van der Waals surface area contributed by atoms with Crippen molar-refractivity contribution < 1.29 is 22.9 Å². The predicted octanol–water partition coefficient (Wildman–Crippen LogP) is -0.418. The van der Waals surface area contributed by atoms with Crippen molar-refractivity contribution in [1.82, 2.24) is 0 Å². The molecule has 2 atom stereocenters. The van der Waals surface area contributed by atoms with Crippen LogP contribution in [0.5, 0.6) is 5.75 Å². The Morgan fingerprint density at radius 2 is 1.90 bits per heavy atom. The Hall–Kier alpha value is -1.51. The molecule has 0 heterocycles. The third-order valence-electron chi connectivity index (χ3n) is 4.40. The number of fused-ring (bicyclic) bond motifs is 1. The second-order valence-corrected chi connectivity index (χ2v) is 5.66. The number of halogens is 1. The summed E-state index contributed by atoms with van der Waals surface area (Å²) in [6, 6.07) is 17.7. The fourth-order valence-corrected chi connectivity index (χ4v) is 3.23. The highest BCUT2D eigenvalue weighted by Crippen LogP contribution is 2.34. The largest absolute Gasteiger partial charge is 1.00 e. The van der Waals surface area contributed by atoms with E-state index in [1.165, 1.54) is 16.7 Å². The topological polar surface area (TPSA) is 36.9 Å². The molecule has 1 aliphatic carbocycles. The van der Waals surface area contributed by atoms with E-state index in [1.54, 1.807) is 7.11 Å². The van der Waals surface area contributed by atoms with Crippen LogP contribution in [0.2, 0.25) is 0 Å². The Morgan fingerprint density at radius 1 is 1.14 bits per heavy atom. The van der Waals surface area contributed by atoms with Gasteiger partial charge in [-0.3, -0.25) is 0 Å². The maximum absolute atomic E-state index is 5.35. The molecule has 0 aromatic heterocycles. The van der Waals surface area contributed by atoms with Crippen molar-refractivity contribution in [2.24, 2.45) is 0 Å². The molecule has 21 heavy (non-hydrogen) atoms. The van der Waals surface area contributed by atoms with Crippen molar-refractivity contribution in [3.8, 4) is 5.75 Å². The van der Waals surface area contributed by atoms with Gasteiger partial charge in [-0.25, -0.2) is 0 Å². The summed E-state index contributed by atoms with van der Waals surface area (Å²) < 4.78 is 5.35. The van der Waals surface area contributed by atoms with Crippen LogP contribution in [-0.4, -0.2) is 13.2 Å². The molecule has 0 amide bonds. The van der Waals surface area contributed by atoms with Gasteiger partial charge < -0.3 is 22.9 Å². The fraction of sp³-hybridized carbons (Fsp3) is 0.333. The molecule has 0 aliphatic heterocycles. The minimum atomic E-state index is 0. The van der Waals surface area contributed by atoms with Crippen molar-refractivity contribution in [1.29, 1.82) is 0 Å². The number of hydrogen-bond acceptors (Lipinski definition) is 1. The van der Waals surface area contributed by atoms with E-state index < -0.39 is 0 Å². The van der Waals surface area contributed by atoms with Crippen LogP contribution >= 0.6 is 0 Å². The van der Waals surface area contributed by atoms with Gasteiger partial charge in [-0.15, -0.1) is 0 Å². The normalized spacial score (nSPS) is 20.3. The molecule has 0 fully saturated rings. The molecular weight excluding hydrogens is 282 g/mol. The van der Waals surface area contributed by atoms with Gasteiger partial charge in [-0.05, 0) is 41.7 Å². The zero-order valence-electron chi connectivity index (χ0n) is 12.4. The van der Waals surface area contributed by atoms with Crippen molar-refractivity contribution in [3.63, 3.8) is 0 Å². The first-order chi connectivity index (χ1) is 9.78. The molecule has 0 saturated heterocycles.